The molecule has 144 valence electrons. The van der Waals surface area contributed by atoms with Gasteiger partial charge >= 0.3 is 0 Å². The molecule has 1 aromatic carbocycles. The Morgan fingerprint density at radius 2 is 2.15 bits per heavy atom. The van der Waals surface area contributed by atoms with E-state index in [0.29, 0.717) is 0 Å². The maximum absolute atomic E-state index is 14.0. The zero-order valence-corrected chi connectivity index (χ0v) is 14.9. The van der Waals surface area contributed by atoms with Crippen LogP contribution in [-0.2, 0) is 6.54 Å². The molecule has 3 rings (SSSR count). The number of amides is 2. The molecule has 2 heterocycles. The van der Waals surface area contributed by atoms with Gasteiger partial charge in [-0.25, -0.2) is 17.9 Å². The van der Waals surface area contributed by atoms with Crippen LogP contribution in [0.3, 0.4) is 0 Å². The molecule has 2 amide bonds. The molecule has 0 spiro atoms. The Hall–Kier alpha value is -2.62. The van der Waals surface area contributed by atoms with E-state index in [9.17, 15) is 22.8 Å². The minimum Gasteiger partial charge on any atom is -0.354 e. The molecule has 1 atom stereocenters. The van der Waals surface area contributed by atoms with E-state index in [2.05, 4.69) is 15.6 Å². The number of carbonyl (C=O) groups excluding carboxylic acids is 2. The molecule has 27 heavy (non-hydrogen) atoms. The first-order valence-electron chi connectivity index (χ1n) is 7.96. The van der Waals surface area contributed by atoms with E-state index in [0.717, 1.165) is 17.0 Å². The maximum Gasteiger partial charge on any atom is 0.273 e. The minimum atomic E-state index is -3.13. The molecule has 1 saturated heterocycles. The van der Waals surface area contributed by atoms with Gasteiger partial charge in [-0.1, -0.05) is 16.8 Å². The number of aromatic nitrogens is 3. The van der Waals surface area contributed by atoms with Crippen molar-refractivity contribution in [2.75, 3.05) is 13.6 Å². The van der Waals surface area contributed by atoms with Gasteiger partial charge in [0.05, 0.1) is 30.9 Å². The number of carbonyl (C=O) groups is 2. The molecule has 0 saturated carbocycles. The molecule has 1 aliphatic rings. The van der Waals surface area contributed by atoms with Gasteiger partial charge in [-0.3, -0.25) is 9.59 Å². The predicted molar refractivity (Wildman–Crippen MR) is 89.2 cm³/mol. The van der Waals surface area contributed by atoms with Crippen LogP contribution < -0.4 is 5.32 Å². The van der Waals surface area contributed by atoms with E-state index in [4.69, 9.17) is 11.6 Å². The standard InChI is InChI=1S/C16H15ClF3N5O2/c1-21-14(26)13-7-24(23-22-13)6-10-5-16(19,20)8-25(10)15(27)11-4-9(17)2-3-12(11)18/h2-4,7,10H,5-6,8H2,1H3,(H,21,26)/t10-/m0/s1. The zero-order chi connectivity index (χ0) is 19.8. The number of nitrogens with one attached hydrogen (secondary N) is 1. The highest BCUT2D eigenvalue weighted by Gasteiger charge is 2.47. The number of likely N-dealkylation sites (tertiary alicyclic amines) is 1. The third-order valence-electron chi connectivity index (χ3n) is 4.19. The van der Waals surface area contributed by atoms with E-state index >= 15 is 0 Å². The first-order valence-corrected chi connectivity index (χ1v) is 8.34. The summed E-state index contributed by atoms with van der Waals surface area (Å²) in [4.78, 5) is 25.1. The van der Waals surface area contributed by atoms with Gasteiger partial charge in [-0.05, 0) is 18.2 Å². The van der Waals surface area contributed by atoms with Crippen LogP contribution in [0.5, 0.6) is 0 Å². The van der Waals surface area contributed by atoms with Crippen molar-refractivity contribution < 1.29 is 22.8 Å². The Labute approximate surface area is 157 Å². The normalized spacial score (nSPS) is 18.6. The summed E-state index contributed by atoms with van der Waals surface area (Å²) in [5.41, 5.74) is -0.365. The molecule has 1 aliphatic heterocycles. The van der Waals surface area contributed by atoms with Gasteiger partial charge in [0.1, 0.15) is 5.82 Å². The molecule has 1 aromatic heterocycles. The Bertz CT molecular complexity index is 889. The molecule has 1 N–H and O–H groups in total. The minimum absolute atomic E-state index is 0.0148. The number of alkyl halides is 2. The summed E-state index contributed by atoms with van der Waals surface area (Å²) in [6, 6.07) is 2.42. The van der Waals surface area contributed by atoms with Crippen LogP contribution in [0.25, 0.3) is 0 Å². The summed E-state index contributed by atoms with van der Waals surface area (Å²) in [7, 11) is 1.42. The molecular formula is C16H15ClF3N5O2. The van der Waals surface area contributed by atoms with Crippen molar-refractivity contribution in [1.29, 1.82) is 0 Å². The molecule has 0 unspecified atom stereocenters. The predicted octanol–water partition coefficient (Wildman–Crippen LogP) is 1.98. The third-order valence-corrected chi connectivity index (χ3v) is 4.43. The molecule has 0 bridgehead atoms. The highest BCUT2D eigenvalue weighted by atomic mass is 35.5. The number of hydrogen-bond donors (Lipinski definition) is 1. The average molecular weight is 402 g/mol. The number of benzene rings is 1. The summed E-state index contributed by atoms with van der Waals surface area (Å²) in [5, 5.41) is 9.86. The molecule has 0 aliphatic carbocycles. The second-order valence-electron chi connectivity index (χ2n) is 6.18. The first-order chi connectivity index (χ1) is 12.7. The number of rotatable bonds is 4. The van der Waals surface area contributed by atoms with Crippen molar-refractivity contribution in [3.05, 3.63) is 46.5 Å². The van der Waals surface area contributed by atoms with Crippen molar-refractivity contribution in [1.82, 2.24) is 25.2 Å². The average Bonchev–Trinajstić information content (AvgIpc) is 3.20. The van der Waals surface area contributed by atoms with Crippen molar-refractivity contribution in [3.8, 4) is 0 Å². The van der Waals surface area contributed by atoms with Crippen molar-refractivity contribution >= 4 is 23.4 Å². The van der Waals surface area contributed by atoms with Crippen molar-refractivity contribution in [2.24, 2.45) is 0 Å². The monoisotopic (exact) mass is 401 g/mol. The van der Waals surface area contributed by atoms with Gasteiger partial charge in [-0.2, -0.15) is 0 Å². The first kappa shape index (κ1) is 19.2. The fourth-order valence-corrected chi connectivity index (χ4v) is 3.12. The molecule has 2 aromatic rings. The number of halogens is 4. The van der Waals surface area contributed by atoms with Crippen LogP contribution in [0.4, 0.5) is 13.2 Å². The Morgan fingerprint density at radius 1 is 1.41 bits per heavy atom. The largest absolute Gasteiger partial charge is 0.354 e. The van der Waals surface area contributed by atoms with Crippen LogP contribution >= 0.6 is 11.6 Å². The summed E-state index contributed by atoms with van der Waals surface area (Å²) in [6.07, 6.45) is 0.675. The Balaban J connectivity index is 1.84. The van der Waals surface area contributed by atoms with Crippen LogP contribution in [0, 0.1) is 5.82 Å². The fraction of sp³-hybridized carbons (Fsp3) is 0.375. The van der Waals surface area contributed by atoms with E-state index in [1.807, 2.05) is 0 Å². The van der Waals surface area contributed by atoms with Crippen LogP contribution in [-0.4, -0.2) is 57.3 Å². The highest BCUT2D eigenvalue weighted by Crippen LogP contribution is 2.34. The van der Waals surface area contributed by atoms with E-state index in [1.54, 1.807) is 0 Å². The number of hydrogen-bond acceptors (Lipinski definition) is 4. The van der Waals surface area contributed by atoms with E-state index in [1.165, 1.54) is 24.0 Å². The lowest BCUT2D eigenvalue weighted by atomic mass is 10.1. The van der Waals surface area contributed by atoms with Gasteiger partial charge in [0.2, 0.25) is 0 Å². The van der Waals surface area contributed by atoms with Crippen molar-refractivity contribution in [2.45, 2.75) is 24.9 Å². The van der Waals surface area contributed by atoms with Crippen LogP contribution in [0.1, 0.15) is 27.3 Å². The smallest absolute Gasteiger partial charge is 0.273 e. The van der Waals surface area contributed by atoms with E-state index in [-0.39, 0.29) is 22.8 Å². The summed E-state index contributed by atoms with van der Waals surface area (Å²) in [5.74, 6) is -5.34. The Kier molecular flexibility index (Phi) is 5.09. The molecule has 1 fully saturated rings. The lowest BCUT2D eigenvalue weighted by Gasteiger charge is -2.24. The molecular weight excluding hydrogens is 387 g/mol. The molecule has 7 nitrogen and oxygen atoms in total. The van der Waals surface area contributed by atoms with E-state index < -0.39 is 42.6 Å². The summed E-state index contributed by atoms with van der Waals surface area (Å²) >= 11 is 5.79. The molecule has 0 radical (unpaired) electrons. The zero-order valence-electron chi connectivity index (χ0n) is 14.1. The summed E-state index contributed by atoms with van der Waals surface area (Å²) in [6.45, 7) is -0.965. The highest BCUT2D eigenvalue weighted by molar-refractivity contribution is 6.31. The van der Waals surface area contributed by atoms with Gasteiger partial charge in [0.25, 0.3) is 17.7 Å². The maximum atomic E-state index is 14.0. The Morgan fingerprint density at radius 3 is 2.85 bits per heavy atom. The number of nitrogens with zero attached hydrogens (tertiary/aromatic N) is 4. The SMILES string of the molecule is CNC(=O)c1cn(C[C@@H]2CC(F)(F)CN2C(=O)c2cc(Cl)ccc2F)nn1. The topological polar surface area (TPSA) is 80.1 Å². The second kappa shape index (κ2) is 7.18. The fourth-order valence-electron chi connectivity index (χ4n) is 2.95. The van der Waals surface area contributed by atoms with Crippen LogP contribution in [0.15, 0.2) is 24.4 Å². The molecule has 11 heteroatoms. The lowest BCUT2D eigenvalue weighted by Crippen LogP contribution is -2.39. The van der Waals surface area contributed by atoms with Gasteiger partial charge in [0.15, 0.2) is 5.69 Å². The summed E-state index contributed by atoms with van der Waals surface area (Å²) < 4.78 is 43.1. The van der Waals surface area contributed by atoms with Gasteiger partial charge in [0, 0.05) is 18.5 Å². The van der Waals surface area contributed by atoms with Gasteiger partial charge in [-0.15, -0.1) is 5.10 Å². The third kappa shape index (κ3) is 4.05. The van der Waals surface area contributed by atoms with Gasteiger partial charge < -0.3 is 10.2 Å². The quantitative estimate of drug-likeness (QED) is 0.849. The van der Waals surface area contributed by atoms with Crippen molar-refractivity contribution in [3.63, 3.8) is 0 Å². The lowest BCUT2D eigenvalue weighted by molar-refractivity contribution is 0.0116. The second-order valence-corrected chi connectivity index (χ2v) is 6.61. The van der Waals surface area contributed by atoms with Crippen LogP contribution in [0.2, 0.25) is 5.02 Å².